The first-order valence-corrected chi connectivity index (χ1v) is 6.36. The summed E-state index contributed by atoms with van der Waals surface area (Å²) >= 11 is 0. The molecule has 0 aromatic rings. The number of hydrogen-bond donors (Lipinski definition) is 0. The molecule has 0 aliphatic carbocycles. The minimum Gasteiger partial charge on any atom is -1.00 e. The summed E-state index contributed by atoms with van der Waals surface area (Å²) in [6.45, 7) is 11.1. The zero-order valence-electron chi connectivity index (χ0n) is 7.41. The standard InChI is InChI=1S/C7H17Si.HI.Mg/c1-5-8(4,6-2)7-3;;/h4-7H2,1-3H3;1H;/q-1;;+2/p-1. The second-order valence-electron chi connectivity index (χ2n) is 2.56. The van der Waals surface area contributed by atoms with Crippen LogP contribution in [0.2, 0.25) is 18.1 Å². The van der Waals surface area contributed by atoms with Crippen LogP contribution in [0, 0.1) is 6.55 Å². The monoisotopic (exact) mass is 280 g/mol. The fourth-order valence-electron chi connectivity index (χ4n) is 0.750. The molecule has 0 bridgehead atoms. The zero-order chi connectivity index (χ0) is 6.62. The van der Waals surface area contributed by atoms with Crippen LogP contribution >= 0.6 is 0 Å². The van der Waals surface area contributed by atoms with Crippen molar-refractivity contribution in [3.05, 3.63) is 6.55 Å². The molecule has 3 heteroatoms. The Labute approximate surface area is 99.7 Å². The molecule has 0 N–H and O–H groups in total. The predicted molar refractivity (Wildman–Crippen MR) is 48.3 cm³/mol. The molecule has 0 rings (SSSR count). The van der Waals surface area contributed by atoms with E-state index in [9.17, 15) is 0 Å². The van der Waals surface area contributed by atoms with Gasteiger partial charge in [0, 0.05) is 0 Å². The van der Waals surface area contributed by atoms with Gasteiger partial charge in [0.2, 0.25) is 0 Å². The van der Waals surface area contributed by atoms with Crippen LogP contribution in [0.4, 0.5) is 0 Å². The summed E-state index contributed by atoms with van der Waals surface area (Å²) in [4.78, 5) is 0. The van der Waals surface area contributed by atoms with Gasteiger partial charge in [-0.3, -0.25) is 0 Å². The van der Waals surface area contributed by atoms with Gasteiger partial charge in [-0.15, -0.1) is 0 Å². The summed E-state index contributed by atoms with van der Waals surface area (Å²) < 4.78 is 0. The summed E-state index contributed by atoms with van der Waals surface area (Å²) in [5.41, 5.74) is 0. The Morgan fingerprint density at radius 1 is 1.00 bits per heavy atom. The molecule has 0 aliphatic heterocycles. The molecule has 0 nitrogen and oxygen atoms in total. The zero-order valence-corrected chi connectivity index (χ0v) is 12.0. The van der Waals surface area contributed by atoms with Gasteiger partial charge in [0.25, 0.3) is 0 Å². The Balaban J connectivity index is -0.000000245. The minimum atomic E-state index is -0.921. The van der Waals surface area contributed by atoms with E-state index in [1.54, 1.807) is 0 Å². The Hall–Kier alpha value is 1.71. The van der Waals surface area contributed by atoms with E-state index in [2.05, 4.69) is 27.3 Å². The van der Waals surface area contributed by atoms with E-state index in [-0.39, 0.29) is 47.0 Å². The molecule has 0 saturated heterocycles. The van der Waals surface area contributed by atoms with Gasteiger partial charge in [0.1, 0.15) is 0 Å². The van der Waals surface area contributed by atoms with Gasteiger partial charge in [-0.1, -0.05) is 47.0 Å². The molecule has 0 aliphatic rings. The SMILES string of the molecule is [CH2-][Si](CC)(CC)CC.[I-].[Mg+2]. The van der Waals surface area contributed by atoms with E-state index in [0.717, 1.165) is 0 Å². The number of halogens is 1. The third-order valence-electron chi connectivity index (χ3n) is 2.25. The Morgan fingerprint density at radius 3 is 1.20 bits per heavy atom. The second-order valence-corrected chi connectivity index (χ2v) is 7.68. The third-order valence-corrected chi connectivity index (χ3v) is 6.75. The maximum Gasteiger partial charge on any atom is 2.00 e. The van der Waals surface area contributed by atoms with Crippen LogP contribution in [-0.4, -0.2) is 31.1 Å². The summed E-state index contributed by atoms with van der Waals surface area (Å²) in [7, 11) is -0.921. The maximum atomic E-state index is 4.26. The Morgan fingerprint density at radius 2 is 1.20 bits per heavy atom. The Kier molecular flexibility index (Phi) is 15.6. The van der Waals surface area contributed by atoms with Crippen LogP contribution in [0.25, 0.3) is 0 Å². The quantitative estimate of drug-likeness (QED) is 0.371. The number of rotatable bonds is 3. The van der Waals surface area contributed by atoms with Crippen LogP contribution < -0.4 is 24.0 Å². The molecule has 0 fully saturated rings. The van der Waals surface area contributed by atoms with E-state index in [1.165, 1.54) is 18.1 Å². The van der Waals surface area contributed by atoms with Gasteiger partial charge in [0.15, 0.2) is 0 Å². The summed E-state index contributed by atoms with van der Waals surface area (Å²) in [5, 5.41) is 0. The molecular formula is C7H17IMgSi. The topological polar surface area (TPSA) is 0 Å². The van der Waals surface area contributed by atoms with E-state index < -0.39 is 8.07 Å². The molecule has 0 spiro atoms. The molecule has 0 radical (unpaired) electrons. The third kappa shape index (κ3) is 6.43. The van der Waals surface area contributed by atoms with E-state index >= 15 is 0 Å². The maximum absolute atomic E-state index is 4.26. The van der Waals surface area contributed by atoms with E-state index in [4.69, 9.17) is 0 Å². The van der Waals surface area contributed by atoms with Crippen molar-refractivity contribution in [3.8, 4) is 0 Å². The molecule has 58 valence electrons. The first kappa shape index (κ1) is 17.7. The summed E-state index contributed by atoms with van der Waals surface area (Å²) in [6.07, 6.45) is 0. The largest absolute Gasteiger partial charge is 2.00 e. The van der Waals surface area contributed by atoms with Crippen molar-refractivity contribution in [3.63, 3.8) is 0 Å². The van der Waals surface area contributed by atoms with Crippen molar-refractivity contribution in [2.24, 2.45) is 0 Å². The molecule has 0 aromatic heterocycles. The number of hydrogen-bond acceptors (Lipinski definition) is 0. The normalized spacial score (nSPS) is 9.60. The van der Waals surface area contributed by atoms with Crippen LogP contribution in [0.1, 0.15) is 20.8 Å². The van der Waals surface area contributed by atoms with Crippen molar-refractivity contribution in [2.75, 3.05) is 0 Å². The van der Waals surface area contributed by atoms with Crippen molar-refractivity contribution < 1.29 is 24.0 Å². The minimum absolute atomic E-state index is 0. The summed E-state index contributed by atoms with van der Waals surface area (Å²) in [5.74, 6) is 0. The molecular weight excluding hydrogens is 263 g/mol. The van der Waals surface area contributed by atoms with Gasteiger partial charge in [-0.25, -0.2) is 0 Å². The summed E-state index contributed by atoms with van der Waals surface area (Å²) in [6, 6.07) is 4.04. The first-order valence-electron chi connectivity index (χ1n) is 3.54. The van der Waals surface area contributed by atoms with Gasteiger partial charge >= 0.3 is 23.1 Å². The molecule has 0 aromatic carbocycles. The van der Waals surface area contributed by atoms with Gasteiger partial charge in [0.05, 0.1) is 0 Å². The molecule has 0 heterocycles. The van der Waals surface area contributed by atoms with Crippen LogP contribution in [0.5, 0.6) is 0 Å². The smallest absolute Gasteiger partial charge is 1.00 e. The van der Waals surface area contributed by atoms with Crippen molar-refractivity contribution in [1.29, 1.82) is 0 Å². The fourth-order valence-corrected chi connectivity index (χ4v) is 2.25. The molecule has 0 amide bonds. The van der Waals surface area contributed by atoms with Crippen LogP contribution in [0.15, 0.2) is 0 Å². The fraction of sp³-hybridized carbons (Fsp3) is 0.857. The molecule has 0 unspecified atom stereocenters. The average molecular weight is 281 g/mol. The molecule has 0 saturated carbocycles. The van der Waals surface area contributed by atoms with Crippen LogP contribution in [-0.2, 0) is 0 Å². The van der Waals surface area contributed by atoms with Crippen molar-refractivity contribution in [1.82, 2.24) is 0 Å². The van der Waals surface area contributed by atoms with Crippen molar-refractivity contribution in [2.45, 2.75) is 38.9 Å². The van der Waals surface area contributed by atoms with Crippen LogP contribution in [0.3, 0.4) is 0 Å². The molecule has 0 atom stereocenters. The molecule has 10 heavy (non-hydrogen) atoms. The average Bonchev–Trinajstić information content (AvgIpc) is 1.87. The van der Waals surface area contributed by atoms with Gasteiger partial charge in [-0.2, -0.15) is 0 Å². The van der Waals surface area contributed by atoms with E-state index in [1.807, 2.05) is 0 Å². The Bertz CT molecular complexity index is 56.4. The first-order chi connectivity index (χ1) is 3.68. The predicted octanol–water partition coefficient (Wildman–Crippen LogP) is -0.509. The van der Waals surface area contributed by atoms with Gasteiger partial charge in [-0.05, 0) is 0 Å². The van der Waals surface area contributed by atoms with E-state index in [0.29, 0.717) is 0 Å². The second kappa shape index (κ2) is 8.81. The van der Waals surface area contributed by atoms with Gasteiger partial charge < -0.3 is 30.5 Å². The van der Waals surface area contributed by atoms with Crippen molar-refractivity contribution >= 4 is 31.1 Å².